The zero-order chi connectivity index (χ0) is 27.5. The van der Waals surface area contributed by atoms with E-state index in [0.29, 0.717) is 6.04 Å². The molecule has 1 aromatic heterocycles. The normalized spacial score (nSPS) is 11.7. The third-order valence-corrected chi connectivity index (χ3v) is 8.60. The van der Waals surface area contributed by atoms with Crippen LogP contribution in [0.3, 0.4) is 0 Å². The van der Waals surface area contributed by atoms with E-state index in [4.69, 9.17) is 0 Å². The van der Waals surface area contributed by atoms with E-state index < -0.39 is 0 Å². The standard InChI is InChI=1S/C36H71N2/c1-5-7-9-11-13-15-17-18-19-20-22-24-26-28-30-32-37-33-34-38(35(3)4)36(37)31-29-27-25-23-21-16-14-12-10-8-6-2/h33-35H,5-32H2,1-4H3/q+1. The predicted octanol–water partition coefficient (Wildman–Crippen LogP) is 12.1. The molecule has 0 aliphatic heterocycles. The van der Waals surface area contributed by atoms with Crippen LogP contribution in [0, 0.1) is 0 Å². The molecule has 0 fully saturated rings. The van der Waals surface area contributed by atoms with E-state index in [1.165, 1.54) is 180 Å². The minimum atomic E-state index is 0.569. The van der Waals surface area contributed by atoms with Crippen LogP contribution in [0.4, 0.5) is 0 Å². The van der Waals surface area contributed by atoms with E-state index in [9.17, 15) is 0 Å². The van der Waals surface area contributed by atoms with E-state index in [-0.39, 0.29) is 0 Å². The number of rotatable bonds is 29. The molecule has 1 aromatic rings. The zero-order valence-corrected chi connectivity index (χ0v) is 26.9. The highest BCUT2D eigenvalue weighted by molar-refractivity contribution is 4.86. The summed E-state index contributed by atoms with van der Waals surface area (Å²) >= 11 is 0. The maximum absolute atomic E-state index is 2.58. The van der Waals surface area contributed by atoms with Crippen LogP contribution in [0.2, 0.25) is 0 Å². The monoisotopic (exact) mass is 532 g/mol. The Morgan fingerprint density at radius 3 is 1.21 bits per heavy atom. The van der Waals surface area contributed by atoms with Crippen molar-refractivity contribution < 1.29 is 4.57 Å². The molecule has 224 valence electrons. The second-order valence-corrected chi connectivity index (χ2v) is 12.6. The Bertz CT molecular complexity index is 602. The second kappa shape index (κ2) is 26.4. The van der Waals surface area contributed by atoms with Gasteiger partial charge in [-0.25, -0.2) is 9.13 Å². The number of aryl methyl sites for hydroxylation is 1. The van der Waals surface area contributed by atoms with Crippen LogP contribution in [0.5, 0.6) is 0 Å². The fraction of sp³-hybridized carbons (Fsp3) is 0.917. The zero-order valence-electron chi connectivity index (χ0n) is 26.9. The largest absolute Gasteiger partial charge is 0.256 e. The Hall–Kier alpha value is -0.790. The number of hydrogen-bond donors (Lipinski definition) is 0. The quantitative estimate of drug-likeness (QED) is 0.0717. The summed E-state index contributed by atoms with van der Waals surface area (Å²) in [4.78, 5) is 0. The van der Waals surface area contributed by atoms with Gasteiger partial charge < -0.3 is 0 Å². The molecule has 1 rings (SSSR count). The first-order valence-electron chi connectivity index (χ1n) is 17.8. The lowest BCUT2D eigenvalue weighted by Gasteiger charge is -2.08. The van der Waals surface area contributed by atoms with Crippen LogP contribution in [0.25, 0.3) is 0 Å². The van der Waals surface area contributed by atoms with Crippen LogP contribution in [0.15, 0.2) is 12.4 Å². The number of nitrogens with zero attached hydrogens (tertiary/aromatic N) is 2. The van der Waals surface area contributed by atoms with Crippen molar-refractivity contribution >= 4 is 0 Å². The van der Waals surface area contributed by atoms with Gasteiger partial charge in [-0.15, -0.1) is 0 Å². The summed E-state index contributed by atoms with van der Waals surface area (Å²) in [5.74, 6) is 1.57. The van der Waals surface area contributed by atoms with Crippen molar-refractivity contribution in [2.75, 3.05) is 0 Å². The highest BCUT2D eigenvalue weighted by atomic mass is 15.2. The lowest BCUT2D eigenvalue weighted by atomic mass is 10.0. The second-order valence-electron chi connectivity index (χ2n) is 12.6. The average Bonchev–Trinajstić information content (AvgIpc) is 3.32. The minimum absolute atomic E-state index is 0.569. The van der Waals surface area contributed by atoms with Gasteiger partial charge in [0.15, 0.2) is 0 Å². The van der Waals surface area contributed by atoms with Gasteiger partial charge in [0, 0.05) is 6.42 Å². The molecule has 0 saturated heterocycles. The van der Waals surface area contributed by atoms with Gasteiger partial charge in [0.05, 0.1) is 12.6 Å². The molecule has 1 heterocycles. The van der Waals surface area contributed by atoms with Gasteiger partial charge in [0.25, 0.3) is 5.82 Å². The van der Waals surface area contributed by atoms with Crippen molar-refractivity contribution in [3.63, 3.8) is 0 Å². The summed E-state index contributed by atoms with van der Waals surface area (Å²) in [7, 11) is 0. The molecule has 0 bridgehead atoms. The first-order chi connectivity index (χ1) is 18.7. The number of imidazole rings is 1. The molecule has 0 unspecified atom stereocenters. The lowest BCUT2D eigenvalue weighted by Crippen LogP contribution is -2.37. The molecule has 38 heavy (non-hydrogen) atoms. The Morgan fingerprint density at radius 2 is 0.842 bits per heavy atom. The summed E-state index contributed by atoms with van der Waals surface area (Å²) in [5.41, 5.74) is 0. The Balaban J connectivity index is 2.07. The van der Waals surface area contributed by atoms with Crippen molar-refractivity contribution in [3.05, 3.63) is 18.2 Å². The Labute approximate surface area is 240 Å². The molecular formula is C36H71N2+. The smallest absolute Gasteiger partial charge is 0.234 e. The first-order valence-corrected chi connectivity index (χ1v) is 17.8. The van der Waals surface area contributed by atoms with Gasteiger partial charge >= 0.3 is 0 Å². The highest BCUT2D eigenvalue weighted by Crippen LogP contribution is 2.16. The van der Waals surface area contributed by atoms with Gasteiger partial charge in [-0.05, 0) is 33.1 Å². The number of hydrogen-bond acceptors (Lipinski definition) is 0. The fourth-order valence-corrected chi connectivity index (χ4v) is 6.02. The van der Waals surface area contributed by atoms with Crippen LogP contribution < -0.4 is 4.57 Å². The molecule has 2 nitrogen and oxygen atoms in total. The Kier molecular flexibility index (Phi) is 24.5. The third-order valence-electron chi connectivity index (χ3n) is 8.60. The highest BCUT2D eigenvalue weighted by Gasteiger charge is 2.18. The molecule has 0 aliphatic rings. The van der Waals surface area contributed by atoms with Gasteiger partial charge in [-0.1, -0.05) is 162 Å². The molecular weight excluding hydrogens is 460 g/mol. The lowest BCUT2D eigenvalue weighted by molar-refractivity contribution is -0.704. The van der Waals surface area contributed by atoms with E-state index in [0.717, 1.165) is 0 Å². The van der Waals surface area contributed by atoms with E-state index in [1.54, 1.807) is 5.82 Å². The van der Waals surface area contributed by atoms with Crippen molar-refractivity contribution in [2.45, 2.75) is 214 Å². The maximum atomic E-state index is 2.58. The van der Waals surface area contributed by atoms with Crippen molar-refractivity contribution in [1.82, 2.24) is 4.57 Å². The topological polar surface area (TPSA) is 8.81 Å². The summed E-state index contributed by atoms with van der Waals surface area (Å²) in [5, 5.41) is 0. The van der Waals surface area contributed by atoms with Gasteiger partial charge in [0.1, 0.15) is 12.4 Å². The maximum Gasteiger partial charge on any atom is 0.256 e. The van der Waals surface area contributed by atoms with Gasteiger partial charge in [-0.2, -0.15) is 0 Å². The SMILES string of the molecule is CCCCCCCCCCCCCCCCC[n+]1ccn(C(C)C)c1CCCCCCCCCCCCC. The Morgan fingerprint density at radius 1 is 0.500 bits per heavy atom. The van der Waals surface area contributed by atoms with E-state index in [2.05, 4.69) is 49.2 Å². The summed E-state index contributed by atoms with van der Waals surface area (Å²) in [6.07, 6.45) is 43.3. The third kappa shape index (κ3) is 19.3. The molecule has 0 radical (unpaired) electrons. The van der Waals surface area contributed by atoms with Crippen LogP contribution in [-0.4, -0.2) is 4.57 Å². The van der Waals surface area contributed by atoms with Gasteiger partial charge in [-0.3, -0.25) is 0 Å². The van der Waals surface area contributed by atoms with Crippen LogP contribution in [-0.2, 0) is 13.0 Å². The number of unbranched alkanes of at least 4 members (excludes halogenated alkanes) is 24. The van der Waals surface area contributed by atoms with Crippen molar-refractivity contribution in [2.24, 2.45) is 0 Å². The molecule has 0 aromatic carbocycles. The summed E-state index contributed by atoms with van der Waals surface area (Å²) in [6, 6.07) is 0.569. The first kappa shape index (κ1) is 35.2. The molecule has 0 aliphatic carbocycles. The molecule has 0 spiro atoms. The molecule has 0 saturated carbocycles. The molecule has 0 atom stereocenters. The van der Waals surface area contributed by atoms with Crippen molar-refractivity contribution in [3.8, 4) is 0 Å². The molecule has 0 N–H and O–H groups in total. The van der Waals surface area contributed by atoms with E-state index >= 15 is 0 Å². The average molecular weight is 532 g/mol. The van der Waals surface area contributed by atoms with Crippen LogP contribution in [0.1, 0.15) is 207 Å². The van der Waals surface area contributed by atoms with E-state index in [1.807, 2.05) is 0 Å². The minimum Gasteiger partial charge on any atom is -0.234 e. The van der Waals surface area contributed by atoms with Crippen molar-refractivity contribution in [1.29, 1.82) is 0 Å². The van der Waals surface area contributed by atoms with Gasteiger partial charge in [0.2, 0.25) is 0 Å². The fourth-order valence-electron chi connectivity index (χ4n) is 6.02. The molecule has 0 amide bonds. The van der Waals surface area contributed by atoms with Crippen LogP contribution >= 0.6 is 0 Å². The summed E-state index contributed by atoms with van der Waals surface area (Å²) < 4.78 is 5.11. The predicted molar refractivity (Wildman–Crippen MR) is 170 cm³/mol. The number of aromatic nitrogens is 2. The molecule has 2 heteroatoms. The summed E-state index contributed by atoms with van der Waals surface area (Å²) in [6.45, 7) is 10.5.